The molecule has 3 N–H and O–H groups in total. The zero-order valence-electron chi connectivity index (χ0n) is 16.9. The number of carbonyl (C=O) groups is 3. The number of hydrogen-bond acceptors (Lipinski definition) is 4. The summed E-state index contributed by atoms with van der Waals surface area (Å²) in [4.78, 5) is 37.9. The molecule has 2 aromatic rings. The Hall–Kier alpha value is -3.35. The number of hydrogen-bond donors (Lipinski definition) is 3. The minimum absolute atomic E-state index is 0.374. The Morgan fingerprint density at radius 1 is 0.967 bits per heavy atom. The molecule has 158 valence electrons. The van der Waals surface area contributed by atoms with E-state index in [2.05, 4.69) is 10.6 Å². The summed E-state index contributed by atoms with van der Waals surface area (Å²) in [6.07, 6.45) is 3.44. The van der Waals surface area contributed by atoms with Crippen LogP contribution in [-0.4, -0.2) is 35.5 Å². The number of benzene rings is 2. The van der Waals surface area contributed by atoms with Crippen molar-refractivity contribution in [3.63, 3.8) is 0 Å². The molecular formula is C23H26N2O5. The lowest BCUT2D eigenvalue weighted by Crippen LogP contribution is -2.60. The van der Waals surface area contributed by atoms with E-state index in [0.717, 1.165) is 19.3 Å². The van der Waals surface area contributed by atoms with Crippen LogP contribution in [0.5, 0.6) is 5.75 Å². The number of ether oxygens (including phenoxy) is 1. The van der Waals surface area contributed by atoms with Crippen LogP contribution in [0.4, 0.5) is 0 Å². The lowest BCUT2D eigenvalue weighted by atomic mass is 9.80. The Morgan fingerprint density at radius 3 is 2.17 bits per heavy atom. The van der Waals surface area contributed by atoms with Crippen molar-refractivity contribution in [1.82, 2.24) is 10.6 Å². The maximum absolute atomic E-state index is 13.3. The number of aliphatic carboxylic acids is 1. The van der Waals surface area contributed by atoms with Gasteiger partial charge in [0.05, 0.1) is 7.11 Å². The highest BCUT2D eigenvalue weighted by Crippen LogP contribution is 2.30. The molecule has 0 spiro atoms. The summed E-state index contributed by atoms with van der Waals surface area (Å²) < 4.78 is 5.11. The molecule has 2 aromatic carbocycles. The largest absolute Gasteiger partial charge is 0.497 e. The minimum atomic E-state index is -1.18. The fourth-order valence-electron chi connectivity index (χ4n) is 3.80. The predicted octanol–water partition coefficient (Wildman–Crippen LogP) is 3.07. The van der Waals surface area contributed by atoms with E-state index in [-0.39, 0.29) is 5.91 Å². The van der Waals surface area contributed by atoms with Gasteiger partial charge in [0.1, 0.15) is 11.3 Å². The van der Waals surface area contributed by atoms with Gasteiger partial charge < -0.3 is 20.5 Å². The Labute approximate surface area is 175 Å². The Kier molecular flexibility index (Phi) is 6.72. The van der Waals surface area contributed by atoms with Gasteiger partial charge in [-0.15, -0.1) is 0 Å². The molecule has 0 aliphatic heterocycles. The molecule has 1 atom stereocenters. The van der Waals surface area contributed by atoms with Gasteiger partial charge in [-0.3, -0.25) is 9.59 Å². The van der Waals surface area contributed by atoms with Crippen molar-refractivity contribution in [3.05, 3.63) is 65.7 Å². The van der Waals surface area contributed by atoms with E-state index >= 15 is 0 Å². The third-order valence-corrected chi connectivity index (χ3v) is 5.50. The van der Waals surface area contributed by atoms with Gasteiger partial charge in [-0.2, -0.15) is 0 Å². The molecule has 1 saturated carbocycles. The summed E-state index contributed by atoms with van der Waals surface area (Å²) in [6.45, 7) is 0. The summed E-state index contributed by atoms with van der Waals surface area (Å²) in [5.74, 6) is -1.37. The second kappa shape index (κ2) is 9.43. The molecular weight excluding hydrogens is 384 g/mol. The van der Waals surface area contributed by atoms with Crippen molar-refractivity contribution in [2.75, 3.05) is 7.11 Å². The third-order valence-electron chi connectivity index (χ3n) is 5.50. The lowest BCUT2D eigenvalue weighted by Gasteiger charge is -2.37. The van der Waals surface area contributed by atoms with Crippen molar-refractivity contribution in [3.8, 4) is 5.75 Å². The van der Waals surface area contributed by atoms with E-state index in [1.54, 1.807) is 61.7 Å². The number of nitrogens with one attached hydrogen (secondary N) is 2. The van der Waals surface area contributed by atoms with Crippen LogP contribution in [0.3, 0.4) is 0 Å². The zero-order valence-corrected chi connectivity index (χ0v) is 16.9. The van der Waals surface area contributed by atoms with Crippen LogP contribution >= 0.6 is 0 Å². The summed E-state index contributed by atoms with van der Waals surface area (Å²) >= 11 is 0. The number of carbonyl (C=O) groups excluding carboxylic acids is 2. The molecule has 0 heterocycles. The molecule has 0 unspecified atom stereocenters. The monoisotopic (exact) mass is 410 g/mol. The SMILES string of the molecule is COc1ccc(C(=O)NC2(C(=O)N[C@H](C(=O)O)c3ccccc3)CCCCC2)cc1. The first kappa shape index (κ1) is 21.4. The molecule has 1 aliphatic carbocycles. The van der Waals surface area contributed by atoms with E-state index in [0.29, 0.717) is 29.7 Å². The van der Waals surface area contributed by atoms with E-state index in [1.807, 2.05) is 0 Å². The normalized spacial score (nSPS) is 16.2. The maximum atomic E-state index is 13.3. The standard InChI is InChI=1S/C23H26N2O5/c1-30-18-12-10-17(11-13-18)20(26)25-23(14-6-3-7-15-23)22(29)24-19(21(27)28)16-8-4-2-5-9-16/h2,4-5,8-13,19H,3,6-7,14-15H2,1H3,(H,24,29)(H,25,26)(H,27,28)/t19-/m0/s1. The fraction of sp³-hybridized carbons (Fsp3) is 0.348. The Bertz CT molecular complexity index is 890. The lowest BCUT2D eigenvalue weighted by molar-refractivity contribution is -0.143. The van der Waals surface area contributed by atoms with Crippen LogP contribution in [0, 0.1) is 0 Å². The van der Waals surface area contributed by atoms with Crippen LogP contribution in [-0.2, 0) is 9.59 Å². The van der Waals surface area contributed by atoms with Crippen molar-refractivity contribution >= 4 is 17.8 Å². The van der Waals surface area contributed by atoms with Gasteiger partial charge in [-0.1, -0.05) is 49.6 Å². The average molecular weight is 410 g/mol. The summed E-state index contributed by atoms with van der Waals surface area (Å²) in [5.41, 5.74) is -0.255. The summed E-state index contributed by atoms with van der Waals surface area (Å²) in [7, 11) is 1.54. The van der Waals surface area contributed by atoms with E-state index in [1.165, 1.54) is 0 Å². The first-order chi connectivity index (χ1) is 14.4. The van der Waals surface area contributed by atoms with Gasteiger partial charge >= 0.3 is 5.97 Å². The van der Waals surface area contributed by atoms with Crippen LogP contribution in [0.2, 0.25) is 0 Å². The third kappa shape index (κ3) is 4.79. The number of methoxy groups -OCH3 is 1. The van der Waals surface area contributed by atoms with Crippen LogP contribution in [0.15, 0.2) is 54.6 Å². The summed E-state index contributed by atoms with van der Waals surface area (Å²) in [6, 6.07) is 14.0. The number of rotatable bonds is 7. The molecule has 7 heteroatoms. The second-order valence-electron chi connectivity index (χ2n) is 7.48. The maximum Gasteiger partial charge on any atom is 0.330 e. The zero-order chi connectivity index (χ0) is 21.6. The van der Waals surface area contributed by atoms with Crippen LogP contribution in [0.1, 0.15) is 54.1 Å². The van der Waals surface area contributed by atoms with Crippen LogP contribution < -0.4 is 15.4 Å². The Balaban J connectivity index is 1.81. The first-order valence-electron chi connectivity index (χ1n) is 10.0. The molecule has 1 aliphatic rings. The first-order valence-corrected chi connectivity index (χ1v) is 10.0. The molecule has 30 heavy (non-hydrogen) atoms. The van der Waals surface area contributed by atoms with Gasteiger partial charge in [-0.05, 0) is 42.7 Å². The van der Waals surface area contributed by atoms with E-state index in [4.69, 9.17) is 4.74 Å². The van der Waals surface area contributed by atoms with Crippen molar-refractivity contribution in [1.29, 1.82) is 0 Å². The highest BCUT2D eigenvalue weighted by Gasteiger charge is 2.42. The topological polar surface area (TPSA) is 105 Å². The van der Waals surface area contributed by atoms with E-state index < -0.39 is 23.5 Å². The molecule has 3 rings (SSSR count). The quantitative estimate of drug-likeness (QED) is 0.651. The second-order valence-corrected chi connectivity index (χ2v) is 7.48. The Morgan fingerprint density at radius 2 is 1.60 bits per heavy atom. The van der Waals surface area contributed by atoms with Gasteiger partial charge in [0.2, 0.25) is 5.91 Å². The van der Waals surface area contributed by atoms with Gasteiger partial charge in [0.15, 0.2) is 6.04 Å². The summed E-state index contributed by atoms with van der Waals surface area (Å²) in [5, 5.41) is 15.2. The minimum Gasteiger partial charge on any atom is -0.497 e. The molecule has 0 saturated heterocycles. The molecule has 1 fully saturated rings. The van der Waals surface area contributed by atoms with Gasteiger partial charge in [0, 0.05) is 5.56 Å². The molecule has 0 radical (unpaired) electrons. The number of carboxylic acids is 1. The van der Waals surface area contributed by atoms with Gasteiger partial charge in [-0.25, -0.2) is 4.79 Å². The predicted molar refractivity (Wildman–Crippen MR) is 111 cm³/mol. The number of amides is 2. The molecule has 0 bridgehead atoms. The highest BCUT2D eigenvalue weighted by molar-refractivity contribution is 6.00. The average Bonchev–Trinajstić information content (AvgIpc) is 2.78. The van der Waals surface area contributed by atoms with Crippen molar-refractivity contribution < 1.29 is 24.2 Å². The fourth-order valence-corrected chi connectivity index (χ4v) is 3.80. The highest BCUT2D eigenvalue weighted by atomic mass is 16.5. The smallest absolute Gasteiger partial charge is 0.330 e. The molecule has 2 amide bonds. The van der Waals surface area contributed by atoms with Crippen molar-refractivity contribution in [2.45, 2.75) is 43.7 Å². The van der Waals surface area contributed by atoms with Crippen LogP contribution in [0.25, 0.3) is 0 Å². The van der Waals surface area contributed by atoms with E-state index in [9.17, 15) is 19.5 Å². The van der Waals surface area contributed by atoms with Gasteiger partial charge in [0.25, 0.3) is 5.91 Å². The van der Waals surface area contributed by atoms with Crippen molar-refractivity contribution in [2.24, 2.45) is 0 Å². The number of carboxylic acid groups (broad SMARTS) is 1. The molecule has 7 nitrogen and oxygen atoms in total. The molecule has 0 aromatic heterocycles.